The molecule has 0 saturated carbocycles. The number of likely N-dealkylation sites (tertiary alicyclic amines) is 1. The Morgan fingerprint density at radius 2 is 2.12 bits per heavy atom. The molecule has 2 saturated heterocycles. The van der Waals surface area contributed by atoms with Crippen LogP contribution in [0.4, 0.5) is 0 Å². The maximum atomic E-state index is 12.1. The van der Waals surface area contributed by atoms with Gasteiger partial charge >= 0.3 is 0 Å². The van der Waals surface area contributed by atoms with Crippen LogP contribution in [0, 0.1) is 5.92 Å². The molecule has 8 heteroatoms. The molecule has 142 valence electrons. The van der Waals surface area contributed by atoms with Crippen LogP contribution in [0.2, 0.25) is 0 Å². The fourth-order valence-electron chi connectivity index (χ4n) is 3.81. The molecule has 2 aliphatic heterocycles. The van der Waals surface area contributed by atoms with E-state index in [9.17, 15) is 4.79 Å². The van der Waals surface area contributed by atoms with E-state index in [1.807, 2.05) is 11.8 Å². The molecular weight excluding hydrogens is 342 g/mol. The molecular formula is C17H30ClN5O2. The van der Waals surface area contributed by atoms with Crippen LogP contribution in [0.3, 0.4) is 0 Å². The van der Waals surface area contributed by atoms with E-state index in [1.165, 1.54) is 12.8 Å². The number of nitrogens with one attached hydrogen (secondary N) is 1. The van der Waals surface area contributed by atoms with E-state index >= 15 is 0 Å². The second-order valence-corrected chi connectivity index (χ2v) is 7.00. The van der Waals surface area contributed by atoms with Crippen molar-refractivity contribution in [3.8, 4) is 0 Å². The lowest BCUT2D eigenvalue weighted by Gasteiger charge is -2.29. The SMILES string of the molecule is CCc1nc(CN(C(C)=O)C2CCN(CC3CCNCC3)C2)no1.Cl. The first-order chi connectivity index (χ1) is 11.7. The van der Waals surface area contributed by atoms with Crippen molar-refractivity contribution in [3.63, 3.8) is 0 Å². The van der Waals surface area contributed by atoms with Gasteiger partial charge in [0.15, 0.2) is 5.82 Å². The number of hydrogen-bond acceptors (Lipinski definition) is 6. The third-order valence-corrected chi connectivity index (χ3v) is 5.19. The number of carbonyl (C=O) groups excluding carboxylic acids is 1. The molecule has 0 aromatic carbocycles. The van der Waals surface area contributed by atoms with E-state index in [0.717, 1.165) is 51.5 Å². The number of piperidine rings is 1. The van der Waals surface area contributed by atoms with Gasteiger partial charge in [-0.15, -0.1) is 12.4 Å². The van der Waals surface area contributed by atoms with Crippen molar-refractivity contribution >= 4 is 18.3 Å². The van der Waals surface area contributed by atoms with Gasteiger partial charge < -0.3 is 19.6 Å². The van der Waals surface area contributed by atoms with E-state index < -0.39 is 0 Å². The van der Waals surface area contributed by atoms with Crippen molar-refractivity contribution in [1.82, 2.24) is 25.3 Å². The molecule has 1 aromatic heterocycles. The number of aryl methyl sites for hydroxylation is 1. The van der Waals surface area contributed by atoms with Gasteiger partial charge in [-0.1, -0.05) is 12.1 Å². The minimum absolute atomic E-state index is 0. The van der Waals surface area contributed by atoms with Crippen LogP contribution in [-0.4, -0.2) is 64.6 Å². The Morgan fingerprint density at radius 3 is 2.76 bits per heavy atom. The van der Waals surface area contributed by atoms with Gasteiger partial charge in [-0.3, -0.25) is 4.79 Å². The molecule has 25 heavy (non-hydrogen) atoms. The summed E-state index contributed by atoms with van der Waals surface area (Å²) in [5, 5.41) is 7.41. The smallest absolute Gasteiger partial charge is 0.226 e. The van der Waals surface area contributed by atoms with E-state index in [0.29, 0.717) is 18.3 Å². The summed E-state index contributed by atoms with van der Waals surface area (Å²) in [5.74, 6) is 2.12. The van der Waals surface area contributed by atoms with Crippen LogP contribution in [-0.2, 0) is 17.8 Å². The molecule has 1 amide bonds. The lowest BCUT2D eigenvalue weighted by molar-refractivity contribution is -0.131. The molecule has 1 N–H and O–H groups in total. The molecule has 0 aliphatic carbocycles. The van der Waals surface area contributed by atoms with Crippen molar-refractivity contribution < 1.29 is 9.32 Å². The molecule has 0 bridgehead atoms. The molecule has 1 atom stereocenters. The highest BCUT2D eigenvalue weighted by Gasteiger charge is 2.31. The monoisotopic (exact) mass is 371 g/mol. The molecule has 1 unspecified atom stereocenters. The average Bonchev–Trinajstić information content (AvgIpc) is 3.22. The molecule has 2 fully saturated rings. The largest absolute Gasteiger partial charge is 0.339 e. The maximum absolute atomic E-state index is 12.1. The second-order valence-electron chi connectivity index (χ2n) is 7.00. The summed E-state index contributed by atoms with van der Waals surface area (Å²) in [6.45, 7) is 9.54. The van der Waals surface area contributed by atoms with Crippen molar-refractivity contribution in [2.24, 2.45) is 5.92 Å². The Kier molecular flexibility index (Phi) is 7.65. The molecule has 2 aliphatic rings. The summed E-state index contributed by atoms with van der Waals surface area (Å²) in [6.07, 6.45) is 4.28. The average molecular weight is 372 g/mol. The topological polar surface area (TPSA) is 74.5 Å². The van der Waals surface area contributed by atoms with Crippen LogP contribution in [0.15, 0.2) is 4.52 Å². The van der Waals surface area contributed by atoms with Crippen molar-refractivity contribution in [3.05, 3.63) is 11.7 Å². The fraction of sp³-hybridized carbons (Fsp3) is 0.824. The number of carbonyl (C=O) groups is 1. The van der Waals surface area contributed by atoms with Crippen LogP contribution >= 0.6 is 12.4 Å². The zero-order valence-corrected chi connectivity index (χ0v) is 16.1. The summed E-state index contributed by atoms with van der Waals surface area (Å²) in [5.41, 5.74) is 0. The van der Waals surface area contributed by atoms with Gasteiger partial charge in [0.05, 0.1) is 6.54 Å². The van der Waals surface area contributed by atoms with Crippen molar-refractivity contribution in [2.45, 2.75) is 52.1 Å². The quantitative estimate of drug-likeness (QED) is 0.816. The number of aromatic nitrogens is 2. The Hall–Kier alpha value is -1.18. The molecule has 1 aromatic rings. The highest BCUT2D eigenvalue weighted by molar-refractivity contribution is 5.85. The summed E-state index contributed by atoms with van der Waals surface area (Å²) < 4.78 is 5.16. The van der Waals surface area contributed by atoms with Gasteiger partial charge in [-0.05, 0) is 38.3 Å². The van der Waals surface area contributed by atoms with E-state index in [1.54, 1.807) is 6.92 Å². The molecule has 0 spiro atoms. The number of rotatable bonds is 6. The lowest BCUT2D eigenvalue weighted by Crippen LogP contribution is -2.41. The van der Waals surface area contributed by atoms with Gasteiger partial charge in [-0.25, -0.2) is 0 Å². The highest BCUT2D eigenvalue weighted by atomic mass is 35.5. The predicted octanol–water partition coefficient (Wildman–Crippen LogP) is 1.48. The van der Waals surface area contributed by atoms with Gasteiger partial charge in [0.1, 0.15) is 0 Å². The Balaban J connectivity index is 0.00000225. The van der Waals surface area contributed by atoms with Gasteiger partial charge in [0.25, 0.3) is 0 Å². The normalized spacial score (nSPS) is 21.9. The summed E-state index contributed by atoms with van der Waals surface area (Å²) in [7, 11) is 0. The minimum Gasteiger partial charge on any atom is -0.339 e. The Labute approximate surface area is 155 Å². The maximum Gasteiger partial charge on any atom is 0.226 e. The molecule has 0 radical (unpaired) electrons. The minimum atomic E-state index is 0. The second kappa shape index (κ2) is 9.50. The van der Waals surface area contributed by atoms with Crippen LogP contribution < -0.4 is 5.32 Å². The first-order valence-corrected chi connectivity index (χ1v) is 9.17. The zero-order valence-electron chi connectivity index (χ0n) is 15.2. The summed E-state index contributed by atoms with van der Waals surface area (Å²) in [6, 6.07) is 0.257. The number of halogens is 1. The van der Waals surface area contributed by atoms with Crippen molar-refractivity contribution in [1.29, 1.82) is 0 Å². The Morgan fingerprint density at radius 1 is 1.36 bits per heavy atom. The number of amides is 1. The van der Waals surface area contributed by atoms with Gasteiger partial charge in [0.2, 0.25) is 11.8 Å². The third-order valence-electron chi connectivity index (χ3n) is 5.19. The van der Waals surface area contributed by atoms with Gasteiger partial charge in [-0.2, -0.15) is 4.98 Å². The van der Waals surface area contributed by atoms with E-state index in [2.05, 4.69) is 20.4 Å². The van der Waals surface area contributed by atoms with E-state index in [4.69, 9.17) is 4.52 Å². The first-order valence-electron chi connectivity index (χ1n) is 9.17. The highest BCUT2D eigenvalue weighted by Crippen LogP contribution is 2.21. The van der Waals surface area contributed by atoms with Crippen molar-refractivity contribution in [2.75, 3.05) is 32.7 Å². The number of nitrogens with zero attached hydrogens (tertiary/aromatic N) is 4. The third kappa shape index (κ3) is 5.39. The van der Waals surface area contributed by atoms with Crippen LogP contribution in [0.25, 0.3) is 0 Å². The lowest BCUT2D eigenvalue weighted by atomic mass is 9.98. The zero-order chi connectivity index (χ0) is 16.9. The fourth-order valence-corrected chi connectivity index (χ4v) is 3.81. The first kappa shape index (κ1) is 20.1. The summed E-state index contributed by atoms with van der Waals surface area (Å²) >= 11 is 0. The Bertz CT molecular complexity index is 547. The van der Waals surface area contributed by atoms with Crippen LogP contribution in [0.1, 0.15) is 44.8 Å². The predicted molar refractivity (Wildman–Crippen MR) is 97.6 cm³/mol. The summed E-state index contributed by atoms with van der Waals surface area (Å²) in [4.78, 5) is 20.9. The standard InChI is InChI=1S/C17H29N5O2.ClH/c1-3-17-19-16(20-24-17)12-22(13(2)23)15-6-9-21(11-15)10-14-4-7-18-8-5-14;/h14-15,18H,3-12H2,1-2H3;1H. The molecule has 3 rings (SSSR count). The van der Waals surface area contributed by atoms with Gasteiger partial charge in [0, 0.05) is 39.0 Å². The van der Waals surface area contributed by atoms with E-state index in [-0.39, 0.29) is 24.4 Å². The number of hydrogen-bond donors (Lipinski definition) is 1. The van der Waals surface area contributed by atoms with Crippen LogP contribution in [0.5, 0.6) is 0 Å². The molecule has 3 heterocycles. The molecule has 7 nitrogen and oxygen atoms in total.